The van der Waals surface area contributed by atoms with Crippen molar-refractivity contribution in [2.24, 2.45) is 10.3 Å². The van der Waals surface area contributed by atoms with Gasteiger partial charge in [0.1, 0.15) is 0 Å². The molecule has 1 aromatic rings. The van der Waals surface area contributed by atoms with E-state index >= 15 is 0 Å². The average molecular weight is 735 g/mol. The summed E-state index contributed by atoms with van der Waals surface area (Å²) in [7, 11) is -30.8. The highest BCUT2D eigenvalue weighted by Crippen LogP contribution is 2.37. The average Bonchev–Trinajstić information content (AvgIpc) is 2.87. The molecule has 0 amide bonds. The molecule has 40 heavy (non-hydrogen) atoms. The molecular formula is C6H17F6N3O19P6. The zero-order valence-electron chi connectivity index (χ0n) is 17.9. The van der Waals surface area contributed by atoms with Crippen LogP contribution in [-0.2, 0) is 27.4 Å². The van der Waals surface area contributed by atoms with Gasteiger partial charge in [-0.1, -0.05) is 17.2 Å². The Hall–Kier alpha value is -0.780. The maximum absolute atomic E-state index is 10.8. The molecule has 1 heterocycles. The van der Waals surface area contributed by atoms with Gasteiger partial charge in [-0.3, -0.25) is 58.7 Å². The lowest BCUT2D eigenvalue weighted by atomic mass is 10.3. The summed E-state index contributed by atoms with van der Waals surface area (Å²) in [6.45, 7) is 0. The van der Waals surface area contributed by atoms with Crippen LogP contribution in [0.2, 0.25) is 0 Å². The minimum Gasteiger partial charge on any atom is -0.600 e. The van der Waals surface area contributed by atoms with Crippen molar-refractivity contribution in [2.75, 3.05) is 0 Å². The summed E-state index contributed by atoms with van der Waals surface area (Å²) >= 11 is 0. The molecule has 0 bridgehead atoms. The Bertz CT molecular complexity index is 949. The van der Waals surface area contributed by atoms with Gasteiger partial charge in [-0.05, 0) is 6.07 Å². The first-order valence-corrected chi connectivity index (χ1v) is 16.5. The standard InChI is InChI=1S/C6H5N3O.6FH2O3P/c10-9-6-4-2-1-3-5(6)7-8-9;6*1-5(2,3)4/h1-4,9H;6*(H2,2,3,4). The fourth-order valence-corrected chi connectivity index (χ4v) is 0.895. The summed E-state index contributed by atoms with van der Waals surface area (Å²) < 4.78 is 114. The van der Waals surface area contributed by atoms with Crippen molar-refractivity contribution in [3.8, 4) is 0 Å². The fourth-order valence-electron chi connectivity index (χ4n) is 0.895. The molecule has 242 valence electrons. The summed E-state index contributed by atoms with van der Waals surface area (Å²) in [6, 6.07) is 7.12. The topological polar surface area (TPSA) is 397 Å². The number of fused-ring (bicyclic) bond motifs is 1. The molecule has 13 N–H and O–H groups in total. The van der Waals surface area contributed by atoms with E-state index in [0.29, 0.717) is 11.4 Å². The van der Waals surface area contributed by atoms with E-state index in [1.165, 1.54) is 0 Å². The largest absolute Gasteiger partial charge is 0.600 e. The molecule has 0 spiro atoms. The van der Waals surface area contributed by atoms with Crippen molar-refractivity contribution in [3.05, 3.63) is 29.5 Å². The minimum atomic E-state index is -5.14. The van der Waals surface area contributed by atoms with Crippen LogP contribution in [-0.4, -0.2) is 58.7 Å². The van der Waals surface area contributed by atoms with Crippen molar-refractivity contribution in [2.45, 2.75) is 0 Å². The van der Waals surface area contributed by atoms with Crippen LogP contribution in [0.4, 0.5) is 36.6 Å². The molecule has 0 aromatic heterocycles. The van der Waals surface area contributed by atoms with E-state index in [0.717, 1.165) is 0 Å². The van der Waals surface area contributed by atoms with Gasteiger partial charge in [0.2, 0.25) is 0 Å². The third-order valence-corrected chi connectivity index (χ3v) is 1.38. The van der Waals surface area contributed by atoms with Crippen LogP contribution in [0.25, 0.3) is 0 Å². The number of nitrogens with one attached hydrogen (secondary N) is 1. The molecule has 1 aliphatic rings. The highest BCUT2D eigenvalue weighted by molar-refractivity contribution is 7.46. The van der Waals surface area contributed by atoms with Gasteiger partial charge in [0.25, 0.3) is 0 Å². The zero-order valence-corrected chi connectivity index (χ0v) is 23.2. The first-order chi connectivity index (χ1) is 16.9. The molecule has 0 aliphatic carbocycles. The van der Waals surface area contributed by atoms with Gasteiger partial charge in [0.05, 0.1) is 0 Å². The lowest BCUT2D eigenvalue weighted by Crippen LogP contribution is -2.95. The van der Waals surface area contributed by atoms with Crippen LogP contribution >= 0.6 is 47.4 Å². The lowest BCUT2D eigenvalue weighted by Gasteiger charge is -2.05. The molecule has 1 aromatic carbocycles. The Morgan fingerprint density at radius 3 is 0.925 bits per heavy atom. The molecule has 0 radical (unpaired) electrons. The maximum Gasteiger partial charge on any atom is 0.507 e. The second kappa shape index (κ2) is 21.0. The quantitative estimate of drug-likeness (QED) is 0.100. The van der Waals surface area contributed by atoms with E-state index in [9.17, 15) is 30.4 Å². The predicted octanol–water partition coefficient (Wildman–Crippen LogP) is 1.00. The van der Waals surface area contributed by atoms with E-state index in [1.54, 1.807) is 18.2 Å². The van der Waals surface area contributed by atoms with Crippen molar-refractivity contribution < 1.29 is 116 Å². The van der Waals surface area contributed by atoms with Crippen molar-refractivity contribution in [1.82, 2.24) is 0 Å². The van der Waals surface area contributed by atoms with E-state index in [4.69, 9.17) is 86.1 Å². The Morgan fingerprint density at radius 1 is 0.525 bits per heavy atom. The number of halogens is 6. The Kier molecular flexibility index (Phi) is 25.7. The van der Waals surface area contributed by atoms with Crippen molar-refractivity contribution in [1.29, 1.82) is 0 Å². The number of rotatable bonds is 0. The van der Waals surface area contributed by atoms with Crippen LogP contribution < -0.4 is 5.17 Å². The zero-order chi connectivity index (χ0) is 34.0. The fraction of sp³-hybridized carbons (Fsp3) is 0. The van der Waals surface area contributed by atoms with Gasteiger partial charge in [-0.25, -0.2) is 27.4 Å². The summed E-state index contributed by atoms with van der Waals surface area (Å²) in [5.74, 6) is 0. The Balaban J connectivity index is -0.000000123. The van der Waals surface area contributed by atoms with E-state index in [1.807, 2.05) is 6.07 Å². The molecule has 0 fully saturated rings. The van der Waals surface area contributed by atoms with Crippen LogP contribution in [0.5, 0.6) is 0 Å². The van der Waals surface area contributed by atoms with Crippen molar-refractivity contribution >= 4 is 58.8 Å². The van der Waals surface area contributed by atoms with Gasteiger partial charge in [-0.2, -0.15) is 5.17 Å². The maximum atomic E-state index is 10.8. The highest BCUT2D eigenvalue weighted by Gasteiger charge is 2.14. The monoisotopic (exact) mass is 735 g/mol. The number of quaternary nitrogens is 1. The molecule has 0 saturated heterocycles. The summed E-state index contributed by atoms with van der Waals surface area (Å²) in [5.41, 5.74) is 1.27. The van der Waals surface area contributed by atoms with Crippen LogP contribution in [0.1, 0.15) is 0 Å². The second-order valence-corrected chi connectivity index (χ2v) is 10.5. The van der Waals surface area contributed by atoms with E-state index < -0.39 is 47.4 Å². The minimum absolute atomic E-state index is 0.240. The van der Waals surface area contributed by atoms with Gasteiger partial charge in [-0.15, -0.1) is 25.2 Å². The highest BCUT2D eigenvalue weighted by atomic mass is 31.2. The van der Waals surface area contributed by atoms with Gasteiger partial charge < -0.3 is 5.21 Å². The van der Waals surface area contributed by atoms with E-state index in [-0.39, 0.29) is 5.17 Å². The summed E-state index contributed by atoms with van der Waals surface area (Å²) in [4.78, 5) is 83.6. The first-order valence-electron chi connectivity index (χ1n) is 7.44. The molecule has 1 unspecified atom stereocenters. The third-order valence-electron chi connectivity index (χ3n) is 1.38. The third kappa shape index (κ3) is 132. The normalized spacial score (nSPS) is 14.1. The molecular weight excluding hydrogens is 718 g/mol. The number of nitrogens with zero attached hydrogens (tertiary/aromatic N) is 2. The van der Waals surface area contributed by atoms with Crippen LogP contribution in [0.3, 0.4) is 0 Å². The molecule has 0 saturated carbocycles. The molecule has 22 nitrogen and oxygen atoms in total. The van der Waals surface area contributed by atoms with E-state index in [2.05, 4.69) is 10.3 Å². The molecule has 1 atom stereocenters. The lowest BCUT2D eigenvalue weighted by molar-refractivity contribution is -0.784. The predicted molar refractivity (Wildman–Crippen MR) is 114 cm³/mol. The first kappa shape index (κ1) is 48.9. The van der Waals surface area contributed by atoms with Gasteiger partial charge in [0.15, 0.2) is 11.4 Å². The Labute approximate surface area is 215 Å². The smallest absolute Gasteiger partial charge is 0.507 e. The Morgan fingerprint density at radius 2 is 0.725 bits per heavy atom. The second-order valence-electron chi connectivity index (χ2n) is 4.86. The number of hydrogen-bond acceptors (Lipinski definition) is 9. The van der Waals surface area contributed by atoms with Crippen LogP contribution in [0, 0.1) is 5.21 Å². The molecule has 2 rings (SSSR count). The summed E-state index contributed by atoms with van der Waals surface area (Å²) in [6.07, 6.45) is 0. The number of benzene rings is 1. The SMILES string of the molecule is O=P(O)(O)F.O=P(O)(O)F.O=P(O)(O)F.O=P(O)(O)F.O=P(O)(O)F.O=P(O)(O)F.[O-][NH+]1N=Nc2ccccc21. The molecule has 34 heteroatoms. The van der Waals surface area contributed by atoms with Crippen molar-refractivity contribution in [3.63, 3.8) is 0 Å². The van der Waals surface area contributed by atoms with Gasteiger partial charge >= 0.3 is 47.4 Å². The molecule has 1 aliphatic heterocycles. The van der Waals surface area contributed by atoms with Crippen LogP contribution in [0.15, 0.2) is 34.6 Å². The number of hydrogen-bond donors (Lipinski definition) is 13. The summed E-state index contributed by atoms with van der Waals surface area (Å²) in [5, 5.41) is 17.6. The van der Waals surface area contributed by atoms with Gasteiger partial charge in [0, 0.05) is 11.3 Å².